The van der Waals surface area contributed by atoms with Gasteiger partial charge in [0.25, 0.3) is 5.91 Å². The molecular weight excluding hydrogens is 290 g/mol. The highest BCUT2D eigenvalue weighted by Crippen LogP contribution is 2.31. The first-order valence-electron chi connectivity index (χ1n) is 6.06. The number of hydrogen-bond acceptors (Lipinski definition) is 2. The van der Waals surface area contributed by atoms with Crippen molar-refractivity contribution in [2.45, 2.75) is 0 Å². The molecule has 0 aliphatic carbocycles. The second-order valence-electron chi connectivity index (χ2n) is 4.25. The van der Waals surface area contributed by atoms with Crippen LogP contribution in [-0.2, 0) is 4.79 Å². The lowest BCUT2D eigenvalue weighted by Crippen LogP contribution is -1.89. The summed E-state index contributed by atoms with van der Waals surface area (Å²) >= 11 is 7.24. The zero-order chi connectivity index (χ0) is 13.9. The van der Waals surface area contributed by atoms with E-state index in [1.807, 2.05) is 48.5 Å². The van der Waals surface area contributed by atoms with E-state index in [-0.39, 0.29) is 5.91 Å². The molecule has 2 aromatic carbocycles. The van der Waals surface area contributed by atoms with Crippen LogP contribution in [-0.4, -0.2) is 11.0 Å². The fourth-order valence-electron chi connectivity index (χ4n) is 1.82. The first-order valence-corrected chi connectivity index (χ1v) is 7.25. The average Bonchev–Trinajstić information content (AvgIpc) is 2.84. The van der Waals surface area contributed by atoms with Crippen LogP contribution in [0.25, 0.3) is 6.08 Å². The summed E-state index contributed by atoms with van der Waals surface area (Å²) in [5.41, 5.74) is 1.90. The van der Waals surface area contributed by atoms with E-state index < -0.39 is 0 Å². The van der Waals surface area contributed by atoms with Gasteiger partial charge in [0.05, 0.1) is 4.91 Å². The quantitative estimate of drug-likeness (QED) is 0.769. The van der Waals surface area contributed by atoms with E-state index >= 15 is 0 Å². The highest BCUT2D eigenvalue weighted by molar-refractivity contribution is 8.19. The lowest BCUT2D eigenvalue weighted by atomic mass is 10.2. The Labute approximate surface area is 126 Å². The molecule has 1 aliphatic rings. The van der Waals surface area contributed by atoms with Crippen molar-refractivity contribution < 1.29 is 4.79 Å². The van der Waals surface area contributed by atoms with Crippen LogP contribution in [0.1, 0.15) is 11.1 Å². The maximum atomic E-state index is 11.9. The van der Waals surface area contributed by atoms with Gasteiger partial charge in [0.15, 0.2) is 0 Å². The predicted octanol–water partition coefficient (Wildman–Crippen LogP) is 4.40. The Morgan fingerprint density at radius 2 is 1.70 bits per heavy atom. The molecule has 0 N–H and O–H groups in total. The molecule has 1 aliphatic heterocycles. The summed E-state index contributed by atoms with van der Waals surface area (Å²) in [6, 6.07) is 17.1. The van der Waals surface area contributed by atoms with Crippen LogP contribution in [0.5, 0.6) is 0 Å². The van der Waals surface area contributed by atoms with Crippen molar-refractivity contribution >= 4 is 40.4 Å². The second kappa shape index (κ2) is 5.65. The topological polar surface area (TPSA) is 29.4 Å². The van der Waals surface area contributed by atoms with Gasteiger partial charge in [-0.3, -0.25) is 4.79 Å². The zero-order valence-corrected chi connectivity index (χ0v) is 12.0. The fraction of sp³-hybridized carbons (Fsp3) is 0. The fourth-order valence-corrected chi connectivity index (χ4v) is 2.87. The molecular formula is C16H10ClNOS. The van der Waals surface area contributed by atoms with Crippen molar-refractivity contribution in [1.82, 2.24) is 0 Å². The molecule has 0 saturated carbocycles. The Morgan fingerprint density at radius 3 is 2.40 bits per heavy atom. The van der Waals surface area contributed by atoms with Gasteiger partial charge in [0, 0.05) is 10.6 Å². The number of hydrogen-bond donors (Lipinski definition) is 0. The number of carbonyl (C=O) groups is 1. The van der Waals surface area contributed by atoms with E-state index in [4.69, 9.17) is 11.6 Å². The maximum absolute atomic E-state index is 11.9. The third-order valence-corrected chi connectivity index (χ3v) is 4.09. The van der Waals surface area contributed by atoms with Crippen LogP contribution < -0.4 is 0 Å². The van der Waals surface area contributed by atoms with Crippen molar-refractivity contribution in [3.05, 3.63) is 75.7 Å². The molecule has 4 heteroatoms. The number of aliphatic imine (C=N–C) groups is 1. The van der Waals surface area contributed by atoms with E-state index in [0.717, 1.165) is 16.2 Å². The van der Waals surface area contributed by atoms with Crippen LogP contribution in [0, 0.1) is 0 Å². The summed E-state index contributed by atoms with van der Waals surface area (Å²) in [4.78, 5) is 16.7. The third-order valence-electron chi connectivity index (χ3n) is 2.81. The molecule has 2 aromatic rings. The van der Waals surface area contributed by atoms with Crippen molar-refractivity contribution in [3.8, 4) is 0 Å². The predicted molar refractivity (Wildman–Crippen MR) is 85.0 cm³/mol. The minimum Gasteiger partial charge on any atom is -0.266 e. The molecule has 0 aromatic heterocycles. The van der Waals surface area contributed by atoms with E-state index in [2.05, 4.69) is 4.99 Å². The molecule has 0 atom stereocenters. The molecule has 0 bridgehead atoms. The van der Waals surface area contributed by atoms with E-state index in [0.29, 0.717) is 9.93 Å². The summed E-state index contributed by atoms with van der Waals surface area (Å²) in [6.45, 7) is 0. The van der Waals surface area contributed by atoms with Gasteiger partial charge in [-0.1, -0.05) is 65.8 Å². The Morgan fingerprint density at radius 1 is 1.00 bits per heavy atom. The number of carbonyl (C=O) groups excluding carboxylic acids is 1. The highest BCUT2D eigenvalue weighted by atomic mass is 35.5. The van der Waals surface area contributed by atoms with Gasteiger partial charge >= 0.3 is 0 Å². The number of rotatable bonds is 2. The standard InChI is InChI=1S/C16H10ClNOS/c17-13-8-6-11(7-9-13)10-14-15(19)18-16(20-14)12-4-2-1-3-5-12/h1-10H/b14-10-. The van der Waals surface area contributed by atoms with Gasteiger partial charge in [-0.2, -0.15) is 0 Å². The van der Waals surface area contributed by atoms with Crippen LogP contribution >= 0.6 is 23.4 Å². The molecule has 2 nitrogen and oxygen atoms in total. The number of benzene rings is 2. The number of halogens is 1. The van der Waals surface area contributed by atoms with Crippen molar-refractivity contribution in [1.29, 1.82) is 0 Å². The molecule has 0 unspecified atom stereocenters. The molecule has 1 heterocycles. The first-order chi connectivity index (χ1) is 9.72. The Hall–Kier alpha value is -1.84. The smallest absolute Gasteiger partial charge is 0.266 e. The molecule has 0 fully saturated rings. The average molecular weight is 300 g/mol. The summed E-state index contributed by atoms with van der Waals surface area (Å²) in [5, 5.41) is 1.43. The normalized spacial score (nSPS) is 16.6. The summed E-state index contributed by atoms with van der Waals surface area (Å²) in [6.07, 6.45) is 1.84. The molecule has 0 spiro atoms. The minimum atomic E-state index is -0.191. The molecule has 0 radical (unpaired) electrons. The lowest BCUT2D eigenvalue weighted by molar-refractivity contribution is -0.113. The largest absolute Gasteiger partial charge is 0.284 e. The molecule has 98 valence electrons. The van der Waals surface area contributed by atoms with Gasteiger partial charge in [0.1, 0.15) is 5.04 Å². The van der Waals surface area contributed by atoms with Crippen LogP contribution in [0.15, 0.2) is 64.5 Å². The van der Waals surface area contributed by atoms with Gasteiger partial charge in [-0.15, -0.1) is 0 Å². The molecule has 3 rings (SSSR count). The second-order valence-corrected chi connectivity index (χ2v) is 5.72. The summed E-state index contributed by atoms with van der Waals surface area (Å²) in [7, 11) is 0. The lowest BCUT2D eigenvalue weighted by Gasteiger charge is -1.98. The van der Waals surface area contributed by atoms with Gasteiger partial charge in [-0.25, -0.2) is 4.99 Å². The number of thioether (sulfide) groups is 1. The van der Waals surface area contributed by atoms with Crippen molar-refractivity contribution in [2.24, 2.45) is 4.99 Å². The van der Waals surface area contributed by atoms with E-state index in [1.165, 1.54) is 11.8 Å². The Kier molecular flexibility index (Phi) is 3.72. The molecule has 20 heavy (non-hydrogen) atoms. The molecule has 1 amide bonds. The van der Waals surface area contributed by atoms with Gasteiger partial charge in [0.2, 0.25) is 0 Å². The van der Waals surface area contributed by atoms with Gasteiger partial charge in [-0.05, 0) is 23.8 Å². The Balaban J connectivity index is 1.85. The first kappa shape index (κ1) is 13.2. The zero-order valence-electron chi connectivity index (χ0n) is 10.4. The SMILES string of the molecule is O=C1N=C(c2ccccc2)S/C1=C\c1ccc(Cl)cc1. The highest BCUT2D eigenvalue weighted by Gasteiger charge is 2.22. The number of nitrogens with zero attached hydrogens (tertiary/aromatic N) is 1. The van der Waals surface area contributed by atoms with Crippen LogP contribution in [0.3, 0.4) is 0 Å². The van der Waals surface area contributed by atoms with Crippen LogP contribution in [0.4, 0.5) is 0 Å². The Bertz CT molecular complexity index is 705. The van der Waals surface area contributed by atoms with Crippen molar-refractivity contribution in [3.63, 3.8) is 0 Å². The third kappa shape index (κ3) is 2.84. The van der Waals surface area contributed by atoms with Gasteiger partial charge < -0.3 is 0 Å². The maximum Gasteiger partial charge on any atom is 0.284 e. The van der Waals surface area contributed by atoms with Crippen LogP contribution in [0.2, 0.25) is 5.02 Å². The monoisotopic (exact) mass is 299 g/mol. The summed E-state index contributed by atoms with van der Waals surface area (Å²) < 4.78 is 0. The molecule has 0 saturated heterocycles. The van der Waals surface area contributed by atoms with E-state index in [9.17, 15) is 4.79 Å². The summed E-state index contributed by atoms with van der Waals surface area (Å²) in [5.74, 6) is -0.191. The van der Waals surface area contributed by atoms with Crippen molar-refractivity contribution in [2.75, 3.05) is 0 Å². The minimum absolute atomic E-state index is 0.191. The van der Waals surface area contributed by atoms with E-state index in [1.54, 1.807) is 12.1 Å². The number of amides is 1.